The monoisotopic (exact) mass is 384 g/mol. The van der Waals surface area contributed by atoms with Gasteiger partial charge in [-0.05, 0) is 63.3 Å². The maximum atomic E-state index is 13.3. The third kappa shape index (κ3) is 3.41. The summed E-state index contributed by atoms with van der Waals surface area (Å²) in [6.07, 6.45) is 4.28. The van der Waals surface area contributed by atoms with Crippen molar-refractivity contribution in [3.8, 4) is 5.69 Å². The molecule has 4 rings (SSSR count). The van der Waals surface area contributed by atoms with Crippen LogP contribution in [-0.4, -0.2) is 46.1 Å². The molecular formula is C21H25FN4O2. The summed E-state index contributed by atoms with van der Waals surface area (Å²) in [5.74, 6) is -0.548. The van der Waals surface area contributed by atoms with Gasteiger partial charge in [-0.3, -0.25) is 9.59 Å². The van der Waals surface area contributed by atoms with E-state index >= 15 is 0 Å². The first kappa shape index (κ1) is 18.7. The molecule has 1 aliphatic heterocycles. The Kier molecular flexibility index (Phi) is 5.15. The summed E-state index contributed by atoms with van der Waals surface area (Å²) < 4.78 is 15.1. The number of nitrogens with one attached hydrogen (secondary N) is 1. The summed E-state index contributed by atoms with van der Waals surface area (Å²) in [5.41, 5.74) is 3.27. The summed E-state index contributed by atoms with van der Waals surface area (Å²) >= 11 is 0. The lowest BCUT2D eigenvalue weighted by molar-refractivity contribution is -0.126. The van der Waals surface area contributed by atoms with Gasteiger partial charge in [-0.25, -0.2) is 9.07 Å². The fourth-order valence-electron chi connectivity index (χ4n) is 4.25. The van der Waals surface area contributed by atoms with Gasteiger partial charge in [-0.15, -0.1) is 0 Å². The Labute approximate surface area is 163 Å². The minimum Gasteiger partial charge on any atom is -0.356 e. The standard InChI is InChI=1S/C21H25FN4O2/c1-2-23-20(27)14-5-4-12-25(13-14)21(28)19-17-6-3-7-18(17)26(24-19)16-10-8-15(22)9-11-16/h8-11,14H,2-7,12-13H2,1H3,(H,23,27). The molecule has 1 aromatic carbocycles. The SMILES string of the molecule is CCNC(=O)C1CCCN(C(=O)c2nn(-c3ccc(F)cc3)c3c2CCC3)C1. The number of halogens is 1. The van der Waals surface area contributed by atoms with Gasteiger partial charge in [0.1, 0.15) is 5.82 Å². The number of piperidine rings is 1. The lowest BCUT2D eigenvalue weighted by Gasteiger charge is -2.31. The number of fused-ring (bicyclic) bond motifs is 1. The van der Waals surface area contributed by atoms with Gasteiger partial charge < -0.3 is 10.2 Å². The molecule has 1 unspecified atom stereocenters. The minimum absolute atomic E-state index is 0.0158. The number of amides is 2. The van der Waals surface area contributed by atoms with Crippen molar-refractivity contribution in [1.82, 2.24) is 20.0 Å². The van der Waals surface area contributed by atoms with E-state index in [1.54, 1.807) is 21.7 Å². The molecule has 0 bridgehead atoms. The summed E-state index contributed by atoms with van der Waals surface area (Å²) in [7, 11) is 0. The van der Waals surface area contributed by atoms with Crippen LogP contribution in [0, 0.1) is 11.7 Å². The van der Waals surface area contributed by atoms with Gasteiger partial charge in [-0.1, -0.05) is 0 Å². The maximum absolute atomic E-state index is 13.3. The van der Waals surface area contributed by atoms with E-state index in [0.29, 0.717) is 25.3 Å². The Bertz CT molecular complexity index is 891. The van der Waals surface area contributed by atoms with Crippen LogP contribution in [0.2, 0.25) is 0 Å². The van der Waals surface area contributed by atoms with Gasteiger partial charge in [0.25, 0.3) is 5.91 Å². The third-order valence-electron chi connectivity index (χ3n) is 5.63. The lowest BCUT2D eigenvalue weighted by Crippen LogP contribution is -2.45. The van der Waals surface area contributed by atoms with E-state index in [2.05, 4.69) is 10.4 Å². The predicted molar refractivity (Wildman–Crippen MR) is 103 cm³/mol. The highest BCUT2D eigenvalue weighted by Gasteiger charge is 2.33. The molecule has 0 saturated carbocycles. The molecule has 2 heterocycles. The third-order valence-corrected chi connectivity index (χ3v) is 5.63. The number of benzene rings is 1. The fraction of sp³-hybridized carbons (Fsp3) is 0.476. The van der Waals surface area contributed by atoms with E-state index < -0.39 is 0 Å². The zero-order valence-corrected chi connectivity index (χ0v) is 16.1. The van der Waals surface area contributed by atoms with Crippen molar-refractivity contribution in [2.45, 2.75) is 39.0 Å². The first-order valence-electron chi connectivity index (χ1n) is 10.0. The van der Waals surface area contributed by atoms with E-state index in [-0.39, 0.29) is 23.5 Å². The van der Waals surface area contributed by atoms with Crippen molar-refractivity contribution in [2.24, 2.45) is 5.92 Å². The van der Waals surface area contributed by atoms with Crippen LogP contribution in [0.3, 0.4) is 0 Å². The average molecular weight is 384 g/mol. The average Bonchev–Trinajstić information content (AvgIpc) is 3.31. The molecule has 1 aliphatic carbocycles. The van der Waals surface area contributed by atoms with Crippen molar-refractivity contribution < 1.29 is 14.0 Å². The summed E-state index contributed by atoms with van der Waals surface area (Å²) in [6, 6.07) is 6.17. The Morgan fingerprint density at radius 2 is 2.00 bits per heavy atom. The van der Waals surface area contributed by atoms with Crippen LogP contribution in [0.5, 0.6) is 0 Å². The number of rotatable bonds is 4. The first-order valence-corrected chi connectivity index (χ1v) is 10.0. The number of likely N-dealkylation sites (tertiary alicyclic amines) is 1. The summed E-state index contributed by atoms with van der Waals surface area (Å²) in [5, 5.41) is 7.47. The Balaban J connectivity index is 1.60. The summed E-state index contributed by atoms with van der Waals surface area (Å²) in [6.45, 7) is 3.57. The zero-order chi connectivity index (χ0) is 19.7. The van der Waals surface area contributed by atoms with Gasteiger partial charge in [0.05, 0.1) is 11.6 Å². The van der Waals surface area contributed by atoms with Gasteiger partial charge in [0.2, 0.25) is 5.91 Å². The van der Waals surface area contributed by atoms with Crippen molar-refractivity contribution in [3.05, 3.63) is 47.0 Å². The molecule has 1 aromatic heterocycles. The second-order valence-corrected chi connectivity index (χ2v) is 7.50. The molecule has 1 atom stereocenters. The molecule has 0 radical (unpaired) electrons. The van der Waals surface area contributed by atoms with E-state index in [4.69, 9.17) is 0 Å². The van der Waals surface area contributed by atoms with Crippen molar-refractivity contribution >= 4 is 11.8 Å². The normalized spacial score (nSPS) is 18.8. The highest BCUT2D eigenvalue weighted by atomic mass is 19.1. The van der Waals surface area contributed by atoms with Crippen molar-refractivity contribution in [1.29, 1.82) is 0 Å². The molecule has 2 aliphatic rings. The van der Waals surface area contributed by atoms with Crippen LogP contribution >= 0.6 is 0 Å². The molecule has 148 valence electrons. The topological polar surface area (TPSA) is 67.2 Å². The number of aromatic nitrogens is 2. The molecule has 7 heteroatoms. The molecule has 0 spiro atoms. The first-order chi connectivity index (χ1) is 13.6. The number of nitrogens with zero attached hydrogens (tertiary/aromatic N) is 3. The van der Waals surface area contributed by atoms with E-state index in [1.807, 2.05) is 6.92 Å². The largest absolute Gasteiger partial charge is 0.356 e. The molecule has 6 nitrogen and oxygen atoms in total. The van der Waals surface area contributed by atoms with Crippen LogP contribution in [-0.2, 0) is 17.6 Å². The van der Waals surface area contributed by atoms with Crippen molar-refractivity contribution in [3.63, 3.8) is 0 Å². The van der Waals surface area contributed by atoms with Crippen molar-refractivity contribution in [2.75, 3.05) is 19.6 Å². The maximum Gasteiger partial charge on any atom is 0.274 e. The lowest BCUT2D eigenvalue weighted by atomic mass is 9.96. The number of carbonyl (C=O) groups excluding carboxylic acids is 2. The molecule has 28 heavy (non-hydrogen) atoms. The quantitative estimate of drug-likeness (QED) is 0.881. The molecule has 1 fully saturated rings. The zero-order valence-electron chi connectivity index (χ0n) is 16.1. The molecule has 2 aromatic rings. The van der Waals surface area contributed by atoms with E-state index in [0.717, 1.165) is 49.0 Å². The van der Waals surface area contributed by atoms with Crippen LogP contribution in [0.4, 0.5) is 4.39 Å². The Morgan fingerprint density at radius 3 is 2.75 bits per heavy atom. The smallest absolute Gasteiger partial charge is 0.274 e. The molecule has 1 N–H and O–H groups in total. The van der Waals surface area contributed by atoms with Gasteiger partial charge in [0.15, 0.2) is 5.69 Å². The Morgan fingerprint density at radius 1 is 1.21 bits per heavy atom. The molecule has 2 amide bonds. The van der Waals surface area contributed by atoms with Crippen LogP contribution in [0.1, 0.15) is 47.9 Å². The molecule has 1 saturated heterocycles. The second-order valence-electron chi connectivity index (χ2n) is 7.50. The molecular weight excluding hydrogens is 359 g/mol. The van der Waals surface area contributed by atoms with Gasteiger partial charge in [-0.2, -0.15) is 5.10 Å². The van der Waals surface area contributed by atoms with E-state index in [1.165, 1.54) is 12.1 Å². The number of hydrogen-bond acceptors (Lipinski definition) is 3. The fourth-order valence-corrected chi connectivity index (χ4v) is 4.25. The van der Waals surface area contributed by atoms with Gasteiger partial charge in [0, 0.05) is 30.9 Å². The van der Waals surface area contributed by atoms with Crippen LogP contribution in [0.15, 0.2) is 24.3 Å². The predicted octanol–water partition coefficient (Wildman–Crippen LogP) is 2.49. The minimum atomic E-state index is -0.298. The Hall–Kier alpha value is -2.70. The van der Waals surface area contributed by atoms with E-state index in [9.17, 15) is 14.0 Å². The highest BCUT2D eigenvalue weighted by molar-refractivity contribution is 5.95. The summed E-state index contributed by atoms with van der Waals surface area (Å²) in [4.78, 5) is 27.2. The van der Waals surface area contributed by atoms with Crippen LogP contribution in [0.25, 0.3) is 5.69 Å². The van der Waals surface area contributed by atoms with Crippen LogP contribution < -0.4 is 5.32 Å². The van der Waals surface area contributed by atoms with Gasteiger partial charge >= 0.3 is 0 Å². The number of carbonyl (C=O) groups is 2. The second kappa shape index (κ2) is 7.73. The number of hydrogen-bond donors (Lipinski definition) is 1. The highest BCUT2D eigenvalue weighted by Crippen LogP contribution is 2.29.